The van der Waals surface area contributed by atoms with Crippen molar-refractivity contribution < 1.29 is 9.13 Å². The van der Waals surface area contributed by atoms with E-state index in [1.54, 1.807) is 19.2 Å². The molecule has 3 rings (SSSR count). The molecule has 18 heavy (non-hydrogen) atoms. The van der Waals surface area contributed by atoms with Gasteiger partial charge in [-0.3, -0.25) is 0 Å². The van der Waals surface area contributed by atoms with Gasteiger partial charge in [0.2, 0.25) is 5.88 Å². The van der Waals surface area contributed by atoms with Gasteiger partial charge in [-0.2, -0.15) is 0 Å². The molecule has 4 nitrogen and oxygen atoms in total. The molecule has 1 aliphatic heterocycles. The van der Waals surface area contributed by atoms with Gasteiger partial charge in [-0.25, -0.2) is 9.37 Å². The van der Waals surface area contributed by atoms with Crippen LogP contribution in [0.15, 0.2) is 24.3 Å². The maximum atomic E-state index is 14.0. The number of hydrogen-bond donors (Lipinski definition) is 1. The molecule has 2 aromatic rings. The number of rotatable bonds is 2. The normalized spacial score (nSPS) is 15.8. The summed E-state index contributed by atoms with van der Waals surface area (Å²) in [5.74, 6) is 0.217. The number of hydrogen-bond acceptors (Lipinski definition) is 4. The molecule has 0 unspecified atom stereocenters. The standard InChI is InChI=1S/C13H14FN3O/c1-18-11-5-3-8-2-4-10(14)13(12(8)16-11)17-6-9(15)7-17/h2-5,9H,6-7,15H2,1H3. The first-order valence-electron chi connectivity index (χ1n) is 5.83. The summed E-state index contributed by atoms with van der Waals surface area (Å²) in [7, 11) is 1.55. The van der Waals surface area contributed by atoms with Crippen LogP contribution < -0.4 is 15.4 Å². The number of halogens is 1. The third-order valence-electron chi connectivity index (χ3n) is 3.20. The molecule has 2 heterocycles. The molecule has 0 saturated carbocycles. The Labute approximate surface area is 104 Å². The zero-order valence-electron chi connectivity index (χ0n) is 10.1. The number of ether oxygens (including phenoxy) is 1. The average Bonchev–Trinajstić information content (AvgIpc) is 2.35. The first kappa shape index (κ1) is 11.2. The average molecular weight is 247 g/mol. The van der Waals surface area contributed by atoms with Crippen molar-refractivity contribution in [1.29, 1.82) is 0 Å². The maximum Gasteiger partial charge on any atom is 0.213 e. The van der Waals surface area contributed by atoms with Gasteiger partial charge in [-0.1, -0.05) is 0 Å². The van der Waals surface area contributed by atoms with Gasteiger partial charge in [-0.15, -0.1) is 0 Å². The number of methoxy groups -OCH3 is 1. The Bertz CT molecular complexity index is 596. The summed E-state index contributed by atoms with van der Waals surface area (Å²) in [6, 6.07) is 6.95. The highest BCUT2D eigenvalue weighted by Crippen LogP contribution is 2.32. The van der Waals surface area contributed by atoms with Gasteiger partial charge >= 0.3 is 0 Å². The largest absolute Gasteiger partial charge is 0.481 e. The lowest BCUT2D eigenvalue weighted by molar-refractivity contribution is 0.399. The highest BCUT2D eigenvalue weighted by molar-refractivity contribution is 5.92. The molecule has 94 valence electrons. The van der Waals surface area contributed by atoms with Gasteiger partial charge < -0.3 is 15.4 Å². The minimum Gasteiger partial charge on any atom is -0.481 e. The predicted octanol–water partition coefficient (Wildman–Crippen LogP) is 1.53. The fourth-order valence-electron chi connectivity index (χ4n) is 2.24. The van der Waals surface area contributed by atoms with Crippen molar-refractivity contribution in [3.63, 3.8) is 0 Å². The Balaban J connectivity index is 2.17. The smallest absolute Gasteiger partial charge is 0.213 e. The number of anilines is 1. The minimum absolute atomic E-state index is 0.116. The van der Waals surface area contributed by atoms with Crippen LogP contribution in [0, 0.1) is 5.82 Å². The van der Waals surface area contributed by atoms with Crippen LogP contribution in [-0.4, -0.2) is 31.2 Å². The van der Waals surface area contributed by atoms with Gasteiger partial charge in [0.05, 0.1) is 12.8 Å². The SMILES string of the molecule is COc1ccc2ccc(F)c(N3CC(N)C3)c2n1. The molecule has 0 spiro atoms. The van der Waals surface area contributed by atoms with Crippen molar-refractivity contribution in [1.82, 2.24) is 4.98 Å². The Kier molecular flexibility index (Phi) is 2.56. The van der Waals surface area contributed by atoms with E-state index in [1.165, 1.54) is 6.07 Å². The number of pyridine rings is 1. The Hall–Kier alpha value is -1.88. The summed E-state index contributed by atoms with van der Waals surface area (Å²) < 4.78 is 19.1. The van der Waals surface area contributed by atoms with E-state index < -0.39 is 0 Å². The molecular weight excluding hydrogens is 233 g/mol. The fraction of sp³-hybridized carbons (Fsp3) is 0.308. The third kappa shape index (κ3) is 1.67. The van der Waals surface area contributed by atoms with Crippen LogP contribution in [0.25, 0.3) is 10.9 Å². The van der Waals surface area contributed by atoms with Gasteiger partial charge in [0.1, 0.15) is 11.3 Å². The second-order valence-corrected chi connectivity index (χ2v) is 4.49. The topological polar surface area (TPSA) is 51.4 Å². The van der Waals surface area contributed by atoms with E-state index in [-0.39, 0.29) is 11.9 Å². The first-order valence-corrected chi connectivity index (χ1v) is 5.83. The summed E-state index contributed by atoms with van der Waals surface area (Å²) >= 11 is 0. The van der Waals surface area contributed by atoms with Crippen LogP contribution in [0.5, 0.6) is 5.88 Å². The molecule has 0 atom stereocenters. The highest BCUT2D eigenvalue weighted by Gasteiger charge is 2.27. The summed E-state index contributed by atoms with van der Waals surface area (Å²) in [4.78, 5) is 6.25. The van der Waals surface area contributed by atoms with E-state index in [9.17, 15) is 4.39 Å². The summed E-state index contributed by atoms with van der Waals surface area (Å²) in [5.41, 5.74) is 6.89. The van der Waals surface area contributed by atoms with E-state index in [4.69, 9.17) is 10.5 Å². The van der Waals surface area contributed by atoms with Crippen LogP contribution >= 0.6 is 0 Å². The van der Waals surface area contributed by atoms with Crippen LogP contribution in [-0.2, 0) is 0 Å². The van der Waals surface area contributed by atoms with Gasteiger partial charge in [0, 0.05) is 30.6 Å². The molecule has 1 aromatic carbocycles. The van der Waals surface area contributed by atoms with Crippen LogP contribution in [0.1, 0.15) is 0 Å². The lowest BCUT2D eigenvalue weighted by Gasteiger charge is -2.39. The molecule has 1 aromatic heterocycles. The molecule has 0 aliphatic carbocycles. The Morgan fingerprint density at radius 1 is 1.33 bits per heavy atom. The van der Waals surface area contributed by atoms with E-state index in [2.05, 4.69) is 4.98 Å². The fourth-order valence-corrected chi connectivity index (χ4v) is 2.24. The predicted molar refractivity (Wildman–Crippen MR) is 68.4 cm³/mol. The van der Waals surface area contributed by atoms with E-state index >= 15 is 0 Å². The van der Waals surface area contributed by atoms with Crippen molar-refractivity contribution in [3.8, 4) is 5.88 Å². The molecule has 0 radical (unpaired) electrons. The zero-order chi connectivity index (χ0) is 12.7. The Morgan fingerprint density at radius 2 is 2.06 bits per heavy atom. The molecule has 1 saturated heterocycles. The molecule has 1 aliphatic rings. The van der Waals surface area contributed by atoms with Gasteiger partial charge in [0.15, 0.2) is 0 Å². The zero-order valence-corrected chi connectivity index (χ0v) is 10.1. The van der Waals surface area contributed by atoms with Crippen LogP contribution in [0.4, 0.5) is 10.1 Å². The number of benzene rings is 1. The molecular formula is C13H14FN3O. The van der Waals surface area contributed by atoms with Crippen molar-refractivity contribution >= 4 is 16.6 Å². The van der Waals surface area contributed by atoms with E-state index in [1.807, 2.05) is 11.0 Å². The summed E-state index contributed by atoms with van der Waals surface area (Å²) in [6.07, 6.45) is 0. The number of aromatic nitrogens is 1. The van der Waals surface area contributed by atoms with Crippen molar-refractivity contribution in [2.24, 2.45) is 5.73 Å². The second kappa shape index (κ2) is 4.10. The number of nitrogens with zero attached hydrogens (tertiary/aromatic N) is 2. The maximum absolute atomic E-state index is 14.0. The molecule has 1 fully saturated rings. The quantitative estimate of drug-likeness (QED) is 0.874. The summed E-state index contributed by atoms with van der Waals surface area (Å²) in [6.45, 7) is 1.32. The second-order valence-electron chi connectivity index (χ2n) is 4.49. The number of nitrogens with two attached hydrogens (primary N) is 1. The number of fused-ring (bicyclic) bond motifs is 1. The summed E-state index contributed by atoms with van der Waals surface area (Å²) in [5, 5.41) is 0.896. The molecule has 2 N–H and O–H groups in total. The molecule has 0 amide bonds. The lowest BCUT2D eigenvalue weighted by atomic mass is 10.1. The lowest BCUT2D eigenvalue weighted by Crippen LogP contribution is -2.56. The van der Waals surface area contributed by atoms with Gasteiger partial charge in [0.25, 0.3) is 0 Å². The van der Waals surface area contributed by atoms with Crippen molar-refractivity contribution in [3.05, 3.63) is 30.1 Å². The van der Waals surface area contributed by atoms with Crippen molar-refractivity contribution in [2.75, 3.05) is 25.1 Å². The third-order valence-corrected chi connectivity index (χ3v) is 3.20. The van der Waals surface area contributed by atoms with Gasteiger partial charge in [-0.05, 0) is 18.2 Å². The minimum atomic E-state index is -0.268. The Morgan fingerprint density at radius 3 is 2.72 bits per heavy atom. The van der Waals surface area contributed by atoms with Crippen LogP contribution in [0.2, 0.25) is 0 Å². The van der Waals surface area contributed by atoms with Crippen molar-refractivity contribution in [2.45, 2.75) is 6.04 Å². The van der Waals surface area contributed by atoms with Crippen LogP contribution in [0.3, 0.4) is 0 Å². The van der Waals surface area contributed by atoms with E-state index in [0.717, 1.165) is 5.39 Å². The monoisotopic (exact) mass is 247 g/mol. The highest BCUT2D eigenvalue weighted by atomic mass is 19.1. The van der Waals surface area contributed by atoms with E-state index in [0.29, 0.717) is 30.2 Å². The first-order chi connectivity index (χ1) is 8.69. The molecule has 0 bridgehead atoms. The molecule has 5 heteroatoms.